The van der Waals surface area contributed by atoms with Crippen LogP contribution < -0.4 is 0 Å². The summed E-state index contributed by atoms with van der Waals surface area (Å²) in [5, 5.41) is 15.3. The highest BCUT2D eigenvalue weighted by molar-refractivity contribution is 5.93. The second-order valence-electron chi connectivity index (χ2n) is 8.06. The van der Waals surface area contributed by atoms with Crippen molar-refractivity contribution in [1.29, 1.82) is 0 Å². The molecule has 4 rings (SSSR count). The predicted octanol–water partition coefficient (Wildman–Crippen LogP) is 2.66. The van der Waals surface area contributed by atoms with E-state index in [0.29, 0.717) is 17.4 Å². The van der Waals surface area contributed by atoms with Crippen LogP contribution in [0.2, 0.25) is 0 Å². The third-order valence-corrected chi connectivity index (χ3v) is 5.72. The molecule has 7 nitrogen and oxygen atoms in total. The lowest BCUT2D eigenvalue weighted by atomic mass is 9.92. The van der Waals surface area contributed by atoms with Gasteiger partial charge >= 0.3 is 0 Å². The van der Waals surface area contributed by atoms with Crippen LogP contribution in [-0.4, -0.2) is 62.8 Å². The zero-order valence-electron chi connectivity index (χ0n) is 17.6. The van der Waals surface area contributed by atoms with Crippen molar-refractivity contribution in [1.82, 2.24) is 24.6 Å². The first-order valence-corrected chi connectivity index (χ1v) is 10.2. The van der Waals surface area contributed by atoms with Crippen LogP contribution >= 0.6 is 0 Å². The molecular formula is C23H27N5O2. The number of fused-ring (bicyclic) bond motifs is 1. The molecule has 7 heteroatoms. The molecule has 1 N–H and O–H groups in total. The van der Waals surface area contributed by atoms with Crippen molar-refractivity contribution < 1.29 is 9.90 Å². The van der Waals surface area contributed by atoms with Crippen LogP contribution in [0.25, 0.3) is 5.82 Å². The molecule has 0 radical (unpaired) electrons. The number of hydrogen-bond acceptors (Lipinski definition) is 5. The van der Waals surface area contributed by atoms with Crippen LogP contribution in [0.3, 0.4) is 0 Å². The van der Waals surface area contributed by atoms with E-state index in [-0.39, 0.29) is 11.8 Å². The summed E-state index contributed by atoms with van der Waals surface area (Å²) in [5.41, 5.74) is 3.72. The molecule has 3 aromatic rings. The van der Waals surface area contributed by atoms with Crippen molar-refractivity contribution in [2.45, 2.75) is 31.8 Å². The Kier molecular flexibility index (Phi) is 5.55. The Labute approximate surface area is 176 Å². The van der Waals surface area contributed by atoms with E-state index in [1.807, 2.05) is 42.5 Å². The second-order valence-corrected chi connectivity index (χ2v) is 8.06. The minimum Gasteiger partial charge on any atom is -0.493 e. The standard InChI is InChI=1S/C23H27N5O2/c1-26(2)22(29)17-9-7-16(8-10-17)15-27(3)18-11-12-20-19(14-18)23(30)28(25-20)21-6-4-5-13-24-21/h4-10,13,18,30H,11-12,14-15H2,1-3H3. The molecule has 0 bridgehead atoms. The number of amides is 1. The van der Waals surface area contributed by atoms with Gasteiger partial charge in [0.1, 0.15) is 0 Å². The van der Waals surface area contributed by atoms with Crippen molar-refractivity contribution in [3.63, 3.8) is 0 Å². The largest absolute Gasteiger partial charge is 0.493 e. The maximum absolute atomic E-state index is 12.1. The first kappa shape index (κ1) is 20.1. The van der Waals surface area contributed by atoms with E-state index in [4.69, 9.17) is 0 Å². The summed E-state index contributed by atoms with van der Waals surface area (Å²) < 4.78 is 1.54. The fourth-order valence-electron chi connectivity index (χ4n) is 3.98. The summed E-state index contributed by atoms with van der Waals surface area (Å²) in [5.74, 6) is 0.824. The zero-order chi connectivity index (χ0) is 21.3. The summed E-state index contributed by atoms with van der Waals surface area (Å²) in [6.07, 6.45) is 4.26. The Morgan fingerprint density at radius 2 is 1.93 bits per heavy atom. The van der Waals surface area contributed by atoms with Gasteiger partial charge in [-0.2, -0.15) is 9.78 Å². The summed E-state index contributed by atoms with van der Waals surface area (Å²) in [7, 11) is 5.62. The molecule has 2 aromatic heterocycles. The van der Waals surface area contributed by atoms with Gasteiger partial charge in [-0.05, 0) is 56.1 Å². The minimum atomic E-state index is 0.00936. The van der Waals surface area contributed by atoms with E-state index in [1.54, 1.807) is 25.2 Å². The van der Waals surface area contributed by atoms with Gasteiger partial charge in [0, 0.05) is 44.0 Å². The number of hydrogen-bond donors (Lipinski definition) is 1. The van der Waals surface area contributed by atoms with Gasteiger partial charge in [0.2, 0.25) is 5.88 Å². The molecule has 2 heterocycles. The van der Waals surface area contributed by atoms with Crippen LogP contribution in [0.5, 0.6) is 5.88 Å². The average molecular weight is 406 g/mol. The van der Waals surface area contributed by atoms with Gasteiger partial charge in [-0.15, -0.1) is 0 Å². The van der Waals surface area contributed by atoms with E-state index in [9.17, 15) is 9.90 Å². The molecule has 30 heavy (non-hydrogen) atoms. The Morgan fingerprint density at radius 3 is 2.60 bits per heavy atom. The minimum absolute atomic E-state index is 0.00936. The number of rotatable bonds is 5. The second kappa shape index (κ2) is 8.28. The molecule has 0 aliphatic heterocycles. The number of aromatic hydroxyl groups is 1. The van der Waals surface area contributed by atoms with E-state index in [1.165, 1.54) is 4.68 Å². The number of likely N-dealkylation sites (N-methyl/N-ethyl adjacent to an activating group) is 1. The van der Waals surface area contributed by atoms with Crippen LogP contribution in [0.1, 0.15) is 33.6 Å². The van der Waals surface area contributed by atoms with Crippen LogP contribution in [-0.2, 0) is 19.4 Å². The fourth-order valence-corrected chi connectivity index (χ4v) is 3.98. The molecule has 1 unspecified atom stereocenters. The molecule has 1 amide bonds. The van der Waals surface area contributed by atoms with Crippen LogP contribution in [0.15, 0.2) is 48.7 Å². The van der Waals surface area contributed by atoms with Crippen molar-refractivity contribution in [3.05, 3.63) is 71.0 Å². The number of aryl methyl sites for hydroxylation is 1. The Morgan fingerprint density at radius 1 is 1.17 bits per heavy atom. The average Bonchev–Trinajstić information content (AvgIpc) is 3.10. The SMILES string of the molecule is CN(C)C(=O)c1ccc(CN(C)C2CCc3nn(-c4ccccn4)c(O)c3C2)cc1. The van der Waals surface area contributed by atoms with E-state index >= 15 is 0 Å². The van der Waals surface area contributed by atoms with Gasteiger partial charge in [0.05, 0.1) is 5.69 Å². The van der Waals surface area contributed by atoms with E-state index in [2.05, 4.69) is 22.0 Å². The zero-order valence-corrected chi connectivity index (χ0v) is 17.6. The first-order chi connectivity index (χ1) is 14.4. The molecule has 0 saturated carbocycles. The number of nitrogens with zero attached hydrogens (tertiary/aromatic N) is 5. The molecule has 1 aromatic carbocycles. The van der Waals surface area contributed by atoms with Gasteiger partial charge < -0.3 is 10.0 Å². The number of carbonyl (C=O) groups is 1. The highest BCUT2D eigenvalue weighted by atomic mass is 16.3. The number of benzene rings is 1. The summed E-state index contributed by atoms with van der Waals surface area (Å²) in [6.45, 7) is 0.783. The van der Waals surface area contributed by atoms with E-state index in [0.717, 1.165) is 42.6 Å². The first-order valence-electron chi connectivity index (χ1n) is 10.2. The molecule has 1 aliphatic rings. The predicted molar refractivity (Wildman–Crippen MR) is 115 cm³/mol. The summed E-state index contributed by atoms with van der Waals surface area (Å²) in [4.78, 5) is 20.2. The Hall–Kier alpha value is -3.19. The monoisotopic (exact) mass is 405 g/mol. The molecule has 0 spiro atoms. The van der Waals surface area contributed by atoms with Crippen LogP contribution in [0.4, 0.5) is 0 Å². The molecular weight excluding hydrogens is 378 g/mol. The van der Waals surface area contributed by atoms with Gasteiger partial charge in [-0.25, -0.2) is 4.98 Å². The lowest BCUT2D eigenvalue weighted by Crippen LogP contribution is -2.35. The van der Waals surface area contributed by atoms with Gasteiger partial charge in [0.25, 0.3) is 5.91 Å². The molecule has 1 aliphatic carbocycles. The van der Waals surface area contributed by atoms with Gasteiger partial charge in [-0.1, -0.05) is 18.2 Å². The molecule has 0 fully saturated rings. The van der Waals surface area contributed by atoms with E-state index < -0.39 is 0 Å². The molecule has 156 valence electrons. The van der Waals surface area contributed by atoms with Crippen LogP contribution in [0, 0.1) is 0 Å². The summed E-state index contributed by atoms with van der Waals surface area (Å²) in [6, 6.07) is 13.7. The quantitative estimate of drug-likeness (QED) is 0.706. The lowest BCUT2D eigenvalue weighted by Gasteiger charge is -2.30. The summed E-state index contributed by atoms with van der Waals surface area (Å²) >= 11 is 0. The number of carbonyl (C=O) groups excluding carboxylic acids is 1. The third kappa shape index (κ3) is 3.93. The fraction of sp³-hybridized carbons (Fsp3) is 0.348. The molecule has 0 saturated heterocycles. The number of aromatic nitrogens is 3. The van der Waals surface area contributed by atoms with Gasteiger partial charge in [0.15, 0.2) is 5.82 Å². The molecule has 1 atom stereocenters. The Bertz CT molecular complexity index is 1030. The lowest BCUT2D eigenvalue weighted by molar-refractivity contribution is 0.0827. The topological polar surface area (TPSA) is 74.5 Å². The highest BCUT2D eigenvalue weighted by Gasteiger charge is 2.29. The van der Waals surface area contributed by atoms with Crippen molar-refractivity contribution in [2.24, 2.45) is 0 Å². The smallest absolute Gasteiger partial charge is 0.253 e. The third-order valence-electron chi connectivity index (χ3n) is 5.72. The highest BCUT2D eigenvalue weighted by Crippen LogP contribution is 2.32. The number of pyridine rings is 1. The van der Waals surface area contributed by atoms with Gasteiger partial charge in [-0.3, -0.25) is 9.69 Å². The maximum atomic E-state index is 12.1. The van der Waals surface area contributed by atoms with Crippen molar-refractivity contribution in [2.75, 3.05) is 21.1 Å². The maximum Gasteiger partial charge on any atom is 0.253 e. The Balaban J connectivity index is 1.46. The van der Waals surface area contributed by atoms with Crippen molar-refractivity contribution in [3.8, 4) is 11.7 Å². The van der Waals surface area contributed by atoms with Crippen molar-refractivity contribution >= 4 is 5.91 Å². The normalized spacial score (nSPS) is 15.8.